The SMILES string of the molecule is CC1CCc2c(c3ccc(Br)cc3n2C)C1. The largest absolute Gasteiger partial charge is 0.347 e. The van der Waals surface area contributed by atoms with Crippen molar-refractivity contribution in [2.24, 2.45) is 13.0 Å². The van der Waals surface area contributed by atoms with Crippen LogP contribution in [0.1, 0.15) is 24.6 Å². The number of benzene rings is 1. The van der Waals surface area contributed by atoms with Crippen LogP contribution in [-0.4, -0.2) is 4.57 Å². The topological polar surface area (TPSA) is 4.93 Å². The molecule has 1 unspecified atom stereocenters. The van der Waals surface area contributed by atoms with Crippen LogP contribution in [-0.2, 0) is 19.9 Å². The summed E-state index contributed by atoms with van der Waals surface area (Å²) in [5.41, 5.74) is 4.50. The van der Waals surface area contributed by atoms with Gasteiger partial charge in [0.15, 0.2) is 0 Å². The van der Waals surface area contributed by atoms with E-state index < -0.39 is 0 Å². The van der Waals surface area contributed by atoms with Crippen molar-refractivity contribution in [2.45, 2.75) is 26.2 Å². The van der Waals surface area contributed by atoms with Crippen LogP contribution >= 0.6 is 15.9 Å². The van der Waals surface area contributed by atoms with E-state index in [2.05, 4.69) is 52.7 Å². The van der Waals surface area contributed by atoms with Gasteiger partial charge in [-0.05, 0) is 42.9 Å². The first-order chi connectivity index (χ1) is 7.66. The fourth-order valence-electron chi connectivity index (χ4n) is 2.92. The molecule has 3 rings (SSSR count). The molecule has 1 heterocycles. The van der Waals surface area contributed by atoms with Crippen molar-refractivity contribution < 1.29 is 0 Å². The van der Waals surface area contributed by atoms with Gasteiger partial charge in [-0.1, -0.05) is 28.9 Å². The van der Waals surface area contributed by atoms with Gasteiger partial charge in [0.2, 0.25) is 0 Å². The molecule has 84 valence electrons. The fourth-order valence-corrected chi connectivity index (χ4v) is 3.27. The van der Waals surface area contributed by atoms with Crippen molar-refractivity contribution >= 4 is 26.8 Å². The number of aryl methyl sites for hydroxylation is 1. The molecule has 0 N–H and O–H groups in total. The predicted molar refractivity (Wildman–Crippen MR) is 71.8 cm³/mol. The predicted octanol–water partition coefficient (Wildman–Crippen LogP) is 4.07. The van der Waals surface area contributed by atoms with E-state index in [1.165, 1.54) is 34.6 Å². The third-order valence-corrected chi connectivity index (χ3v) is 4.32. The first kappa shape index (κ1) is 10.4. The second-order valence-electron chi connectivity index (χ2n) is 4.99. The van der Waals surface area contributed by atoms with Gasteiger partial charge in [0, 0.05) is 28.1 Å². The van der Waals surface area contributed by atoms with Crippen LogP contribution in [0.3, 0.4) is 0 Å². The lowest BCUT2D eigenvalue weighted by Gasteiger charge is -2.19. The van der Waals surface area contributed by atoms with Crippen molar-refractivity contribution in [2.75, 3.05) is 0 Å². The maximum absolute atomic E-state index is 3.56. The molecule has 1 aromatic carbocycles. The Morgan fingerprint density at radius 1 is 1.38 bits per heavy atom. The third kappa shape index (κ3) is 1.43. The van der Waals surface area contributed by atoms with Crippen LogP contribution in [0.15, 0.2) is 22.7 Å². The van der Waals surface area contributed by atoms with E-state index in [1.54, 1.807) is 11.3 Å². The standard InChI is InChI=1S/C14H16BrN/c1-9-3-6-13-12(7-9)11-5-4-10(15)8-14(11)16(13)2/h4-5,8-9H,3,6-7H2,1-2H3. The van der Waals surface area contributed by atoms with E-state index in [0.717, 1.165) is 5.92 Å². The Morgan fingerprint density at radius 3 is 3.00 bits per heavy atom. The van der Waals surface area contributed by atoms with E-state index >= 15 is 0 Å². The first-order valence-electron chi connectivity index (χ1n) is 5.92. The number of halogens is 1. The zero-order chi connectivity index (χ0) is 11.3. The minimum Gasteiger partial charge on any atom is -0.347 e. The normalized spacial score (nSPS) is 20.1. The van der Waals surface area contributed by atoms with Crippen LogP contribution in [0.4, 0.5) is 0 Å². The highest BCUT2D eigenvalue weighted by Crippen LogP contribution is 2.34. The van der Waals surface area contributed by atoms with E-state index in [0.29, 0.717) is 0 Å². The Labute approximate surface area is 105 Å². The monoisotopic (exact) mass is 277 g/mol. The zero-order valence-electron chi connectivity index (χ0n) is 9.76. The van der Waals surface area contributed by atoms with Crippen molar-refractivity contribution in [1.29, 1.82) is 0 Å². The summed E-state index contributed by atoms with van der Waals surface area (Å²) in [4.78, 5) is 0. The van der Waals surface area contributed by atoms with Gasteiger partial charge in [-0.25, -0.2) is 0 Å². The molecule has 0 aliphatic heterocycles. The average molecular weight is 278 g/mol. The molecule has 1 aliphatic carbocycles. The highest BCUT2D eigenvalue weighted by atomic mass is 79.9. The number of hydrogen-bond acceptors (Lipinski definition) is 0. The summed E-state index contributed by atoms with van der Waals surface area (Å²) in [6.07, 6.45) is 3.81. The van der Waals surface area contributed by atoms with Gasteiger partial charge in [0.25, 0.3) is 0 Å². The van der Waals surface area contributed by atoms with Gasteiger partial charge in [0.1, 0.15) is 0 Å². The molecular formula is C14H16BrN. The average Bonchev–Trinajstić information content (AvgIpc) is 2.52. The molecule has 2 aromatic rings. The molecule has 0 spiro atoms. The molecule has 0 saturated heterocycles. The molecule has 1 aliphatic rings. The van der Waals surface area contributed by atoms with Gasteiger partial charge in [-0.2, -0.15) is 0 Å². The summed E-state index contributed by atoms with van der Waals surface area (Å²) in [5.74, 6) is 0.835. The van der Waals surface area contributed by atoms with Gasteiger partial charge in [-0.3, -0.25) is 0 Å². The molecule has 16 heavy (non-hydrogen) atoms. The lowest BCUT2D eigenvalue weighted by molar-refractivity contribution is 0.492. The van der Waals surface area contributed by atoms with Crippen LogP contribution in [0.5, 0.6) is 0 Å². The number of hydrogen-bond donors (Lipinski definition) is 0. The zero-order valence-corrected chi connectivity index (χ0v) is 11.3. The third-order valence-electron chi connectivity index (χ3n) is 3.83. The van der Waals surface area contributed by atoms with Gasteiger partial charge in [0.05, 0.1) is 0 Å². The van der Waals surface area contributed by atoms with Crippen LogP contribution in [0.2, 0.25) is 0 Å². The van der Waals surface area contributed by atoms with E-state index in [-0.39, 0.29) is 0 Å². The van der Waals surface area contributed by atoms with Gasteiger partial charge in [-0.15, -0.1) is 0 Å². The summed E-state index contributed by atoms with van der Waals surface area (Å²) >= 11 is 3.56. The molecule has 0 amide bonds. The Hall–Kier alpha value is -0.760. The number of fused-ring (bicyclic) bond motifs is 3. The minimum absolute atomic E-state index is 0.835. The lowest BCUT2D eigenvalue weighted by atomic mass is 9.88. The first-order valence-corrected chi connectivity index (χ1v) is 6.72. The minimum atomic E-state index is 0.835. The summed E-state index contributed by atoms with van der Waals surface area (Å²) in [6, 6.07) is 6.65. The number of rotatable bonds is 0. The maximum atomic E-state index is 3.56. The Morgan fingerprint density at radius 2 is 2.19 bits per heavy atom. The molecule has 2 heteroatoms. The molecule has 0 fully saturated rings. The van der Waals surface area contributed by atoms with E-state index in [1.807, 2.05) is 0 Å². The van der Waals surface area contributed by atoms with Crippen LogP contribution in [0, 0.1) is 5.92 Å². The Kier molecular flexibility index (Phi) is 2.36. The number of aromatic nitrogens is 1. The summed E-state index contributed by atoms with van der Waals surface area (Å²) in [7, 11) is 2.20. The van der Waals surface area contributed by atoms with Crippen molar-refractivity contribution in [1.82, 2.24) is 4.57 Å². The van der Waals surface area contributed by atoms with Crippen LogP contribution < -0.4 is 0 Å². The van der Waals surface area contributed by atoms with E-state index in [4.69, 9.17) is 0 Å². The second kappa shape index (κ2) is 3.63. The molecule has 1 atom stereocenters. The van der Waals surface area contributed by atoms with Crippen LogP contribution in [0.25, 0.3) is 10.9 Å². The summed E-state index contributed by atoms with van der Waals surface area (Å²) in [5, 5.41) is 1.45. The highest BCUT2D eigenvalue weighted by molar-refractivity contribution is 9.10. The highest BCUT2D eigenvalue weighted by Gasteiger charge is 2.21. The second-order valence-corrected chi connectivity index (χ2v) is 5.91. The number of nitrogens with zero attached hydrogens (tertiary/aromatic N) is 1. The van der Waals surface area contributed by atoms with E-state index in [9.17, 15) is 0 Å². The summed E-state index contributed by atoms with van der Waals surface area (Å²) < 4.78 is 3.55. The van der Waals surface area contributed by atoms with Gasteiger partial charge >= 0.3 is 0 Å². The van der Waals surface area contributed by atoms with Crippen molar-refractivity contribution in [3.8, 4) is 0 Å². The maximum Gasteiger partial charge on any atom is 0.0494 e. The lowest BCUT2D eigenvalue weighted by Crippen LogP contribution is -2.12. The quantitative estimate of drug-likeness (QED) is 0.684. The Bertz CT molecular complexity index is 553. The fraction of sp³-hybridized carbons (Fsp3) is 0.429. The summed E-state index contributed by atoms with van der Waals surface area (Å²) in [6.45, 7) is 2.36. The smallest absolute Gasteiger partial charge is 0.0494 e. The van der Waals surface area contributed by atoms with Gasteiger partial charge < -0.3 is 4.57 Å². The van der Waals surface area contributed by atoms with Crippen molar-refractivity contribution in [3.05, 3.63) is 33.9 Å². The molecule has 0 bridgehead atoms. The molecule has 0 saturated carbocycles. The van der Waals surface area contributed by atoms with Crippen molar-refractivity contribution in [3.63, 3.8) is 0 Å². The molecule has 0 radical (unpaired) electrons. The molecular weight excluding hydrogens is 262 g/mol. The molecule has 1 aromatic heterocycles. The molecule has 1 nitrogen and oxygen atoms in total. The Balaban J connectivity index is 2.32.